The molecular weight excluding hydrogens is 232 g/mol. The summed E-state index contributed by atoms with van der Waals surface area (Å²) in [6.07, 6.45) is 6.13. The number of nitrogens with one attached hydrogen (secondary N) is 1. The van der Waals surface area contributed by atoms with Gasteiger partial charge in [0.2, 0.25) is 0 Å². The van der Waals surface area contributed by atoms with Crippen LogP contribution in [0.1, 0.15) is 26.7 Å². The van der Waals surface area contributed by atoms with Crippen molar-refractivity contribution in [1.29, 1.82) is 0 Å². The normalized spacial score (nSPS) is 27.1. The van der Waals surface area contributed by atoms with Gasteiger partial charge in [0.25, 0.3) is 0 Å². The van der Waals surface area contributed by atoms with Gasteiger partial charge in [-0.15, -0.1) is 0 Å². The molecule has 0 amide bonds. The Bertz CT molecular complexity index is 374. The average Bonchev–Trinajstić information content (AvgIpc) is 2.82. The second kappa shape index (κ2) is 5.58. The number of hydrogen-bond donors (Lipinski definition) is 1. The van der Waals surface area contributed by atoms with Crippen LogP contribution in [0.25, 0.3) is 0 Å². The molecule has 0 saturated carbocycles. The maximum absolute atomic E-state index is 4.61. The van der Waals surface area contributed by atoms with E-state index in [0.29, 0.717) is 0 Å². The lowest BCUT2D eigenvalue weighted by Gasteiger charge is -2.35. The molecular formula is C12H20N4S. The highest BCUT2D eigenvalue weighted by atomic mass is 32.2. The molecule has 4 nitrogen and oxygen atoms in total. The highest BCUT2D eigenvalue weighted by Crippen LogP contribution is 2.24. The van der Waals surface area contributed by atoms with Crippen molar-refractivity contribution >= 4 is 16.9 Å². The molecule has 1 aromatic heterocycles. The molecule has 1 aliphatic rings. The van der Waals surface area contributed by atoms with Crippen molar-refractivity contribution in [2.24, 2.45) is 4.99 Å². The Kier molecular flexibility index (Phi) is 4.10. The van der Waals surface area contributed by atoms with Gasteiger partial charge < -0.3 is 5.32 Å². The van der Waals surface area contributed by atoms with Crippen LogP contribution >= 0.6 is 11.8 Å². The molecule has 0 aliphatic carbocycles. The first-order chi connectivity index (χ1) is 8.22. The zero-order valence-corrected chi connectivity index (χ0v) is 11.3. The Labute approximate surface area is 107 Å². The maximum atomic E-state index is 4.61. The molecule has 1 saturated heterocycles. The van der Waals surface area contributed by atoms with Crippen molar-refractivity contribution in [3.63, 3.8) is 0 Å². The zero-order chi connectivity index (χ0) is 12.1. The predicted octanol–water partition coefficient (Wildman–Crippen LogP) is 2.13. The van der Waals surface area contributed by atoms with E-state index in [1.165, 1.54) is 6.42 Å². The lowest BCUT2D eigenvalue weighted by molar-refractivity contribution is 0.389. The SMILES string of the molecule is CCC1(C)CCSC(=NCCn2cccn2)N1. The van der Waals surface area contributed by atoms with Gasteiger partial charge in [0.05, 0.1) is 13.1 Å². The topological polar surface area (TPSA) is 42.2 Å². The van der Waals surface area contributed by atoms with E-state index in [0.717, 1.165) is 30.4 Å². The van der Waals surface area contributed by atoms with Crippen molar-refractivity contribution < 1.29 is 0 Å². The van der Waals surface area contributed by atoms with Gasteiger partial charge in [-0.05, 0) is 25.8 Å². The van der Waals surface area contributed by atoms with Gasteiger partial charge in [-0.3, -0.25) is 9.67 Å². The first-order valence-corrected chi connectivity index (χ1v) is 7.13. The lowest BCUT2D eigenvalue weighted by Crippen LogP contribution is -2.48. The molecule has 5 heteroatoms. The fourth-order valence-corrected chi connectivity index (χ4v) is 3.01. The lowest BCUT2D eigenvalue weighted by atomic mass is 9.96. The monoisotopic (exact) mass is 252 g/mol. The highest BCUT2D eigenvalue weighted by molar-refractivity contribution is 8.13. The fraction of sp³-hybridized carbons (Fsp3) is 0.667. The molecule has 17 heavy (non-hydrogen) atoms. The number of amidine groups is 1. The van der Waals surface area contributed by atoms with Crippen LogP contribution in [0, 0.1) is 0 Å². The van der Waals surface area contributed by atoms with Gasteiger partial charge in [-0.25, -0.2) is 0 Å². The van der Waals surface area contributed by atoms with E-state index in [-0.39, 0.29) is 5.54 Å². The van der Waals surface area contributed by atoms with Crippen molar-refractivity contribution in [3.05, 3.63) is 18.5 Å². The second-order valence-electron chi connectivity index (χ2n) is 4.59. The second-order valence-corrected chi connectivity index (χ2v) is 5.68. The van der Waals surface area contributed by atoms with E-state index in [9.17, 15) is 0 Å². The average molecular weight is 252 g/mol. The quantitative estimate of drug-likeness (QED) is 0.892. The minimum atomic E-state index is 0.232. The first kappa shape index (κ1) is 12.5. The molecule has 94 valence electrons. The number of hydrogen-bond acceptors (Lipinski definition) is 3. The molecule has 1 aromatic rings. The zero-order valence-electron chi connectivity index (χ0n) is 10.5. The van der Waals surface area contributed by atoms with Crippen LogP contribution in [0.5, 0.6) is 0 Å². The van der Waals surface area contributed by atoms with Crippen molar-refractivity contribution in [2.45, 2.75) is 38.8 Å². The fourth-order valence-electron chi connectivity index (χ4n) is 1.77. The van der Waals surface area contributed by atoms with Crippen LogP contribution in [0.3, 0.4) is 0 Å². The molecule has 1 N–H and O–H groups in total. The summed E-state index contributed by atoms with van der Waals surface area (Å²) >= 11 is 1.83. The molecule has 0 bridgehead atoms. The third kappa shape index (κ3) is 3.49. The molecule has 1 unspecified atom stereocenters. The first-order valence-electron chi connectivity index (χ1n) is 6.15. The molecule has 2 rings (SSSR count). The Morgan fingerprint density at radius 1 is 1.65 bits per heavy atom. The summed E-state index contributed by atoms with van der Waals surface area (Å²) in [6, 6.07) is 1.94. The number of aromatic nitrogens is 2. The number of rotatable bonds is 4. The van der Waals surface area contributed by atoms with Crippen LogP contribution in [-0.4, -0.2) is 32.8 Å². The molecule has 1 fully saturated rings. The Morgan fingerprint density at radius 3 is 3.24 bits per heavy atom. The Balaban J connectivity index is 1.85. The molecule has 2 heterocycles. The third-order valence-corrected chi connectivity index (χ3v) is 4.14. The molecule has 1 atom stereocenters. The standard InChI is InChI=1S/C12H20N4S/c1-3-12(2)5-10-17-11(15-12)13-7-9-16-8-4-6-14-16/h4,6,8H,3,5,7,9-10H2,1-2H3,(H,13,15). The van der Waals surface area contributed by atoms with Gasteiger partial charge in [0, 0.05) is 23.7 Å². The third-order valence-electron chi connectivity index (χ3n) is 3.23. The van der Waals surface area contributed by atoms with Crippen LogP contribution in [-0.2, 0) is 6.54 Å². The van der Waals surface area contributed by atoms with Crippen LogP contribution < -0.4 is 5.32 Å². The molecule has 1 aliphatic heterocycles. The maximum Gasteiger partial charge on any atom is 0.157 e. The number of nitrogens with zero attached hydrogens (tertiary/aromatic N) is 3. The van der Waals surface area contributed by atoms with E-state index in [1.807, 2.05) is 28.7 Å². The molecule has 0 aromatic carbocycles. The van der Waals surface area contributed by atoms with E-state index in [4.69, 9.17) is 0 Å². The van der Waals surface area contributed by atoms with Gasteiger partial charge in [0.1, 0.15) is 0 Å². The summed E-state index contributed by atoms with van der Waals surface area (Å²) in [5, 5.41) is 8.80. The summed E-state index contributed by atoms with van der Waals surface area (Å²) in [5.41, 5.74) is 0.232. The Hall–Kier alpha value is -0.970. The number of aliphatic imine (C=N–C) groups is 1. The Morgan fingerprint density at radius 2 is 2.53 bits per heavy atom. The van der Waals surface area contributed by atoms with E-state index >= 15 is 0 Å². The van der Waals surface area contributed by atoms with Crippen molar-refractivity contribution in [1.82, 2.24) is 15.1 Å². The van der Waals surface area contributed by atoms with Gasteiger partial charge in [-0.1, -0.05) is 18.7 Å². The van der Waals surface area contributed by atoms with E-state index < -0.39 is 0 Å². The van der Waals surface area contributed by atoms with Gasteiger partial charge in [-0.2, -0.15) is 5.10 Å². The minimum absolute atomic E-state index is 0.232. The van der Waals surface area contributed by atoms with Gasteiger partial charge >= 0.3 is 0 Å². The van der Waals surface area contributed by atoms with Crippen LogP contribution in [0.15, 0.2) is 23.5 Å². The summed E-state index contributed by atoms with van der Waals surface area (Å²) in [5.74, 6) is 1.16. The largest absolute Gasteiger partial charge is 0.360 e. The number of thioether (sulfide) groups is 1. The van der Waals surface area contributed by atoms with Gasteiger partial charge in [0.15, 0.2) is 5.17 Å². The molecule has 0 spiro atoms. The van der Waals surface area contributed by atoms with Crippen molar-refractivity contribution in [2.75, 3.05) is 12.3 Å². The summed E-state index contributed by atoms with van der Waals surface area (Å²) < 4.78 is 1.91. The summed E-state index contributed by atoms with van der Waals surface area (Å²) in [6.45, 7) is 6.14. The van der Waals surface area contributed by atoms with Crippen LogP contribution in [0.4, 0.5) is 0 Å². The van der Waals surface area contributed by atoms with Crippen molar-refractivity contribution in [3.8, 4) is 0 Å². The van der Waals surface area contributed by atoms with E-state index in [2.05, 4.69) is 29.3 Å². The van der Waals surface area contributed by atoms with Crippen LogP contribution in [0.2, 0.25) is 0 Å². The predicted molar refractivity (Wildman–Crippen MR) is 73.4 cm³/mol. The smallest absolute Gasteiger partial charge is 0.157 e. The van der Waals surface area contributed by atoms with E-state index in [1.54, 1.807) is 6.20 Å². The summed E-state index contributed by atoms with van der Waals surface area (Å²) in [7, 11) is 0. The summed E-state index contributed by atoms with van der Waals surface area (Å²) in [4.78, 5) is 4.61. The highest BCUT2D eigenvalue weighted by Gasteiger charge is 2.27. The molecule has 0 radical (unpaired) electrons. The minimum Gasteiger partial charge on any atom is -0.360 e.